The number of thiophene rings is 1. The Hall–Kier alpha value is -1.28. The van der Waals surface area contributed by atoms with E-state index in [1.807, 2.05) is 16.8 Å². The molecule has 5 nitrogen and oxygen atoms in total. The van der Waals surface area contributed by atoms with Gasteiger partial charge in [0.05, 0.1) is 18.8 Å². The second-order valence-electron chi connectivity index (χ2n) is 4.24. The molecule has 2 rings (SSSR count). The van der Waals surface area contributed by atoms with Crippen LogP contribution in [0.25, 0.3) is 0 Å². The molecular weight excluding hydrogens is 356 g/mol. The summed E-state index contributed by atoms with van der Waals surface area (Å²) in [7, 11) is 0. The monoisotopic (exact) mass is 370 g/mol. The van der Waals surface area contributed by atoms with E-state index < -0.39 is 0 Å². The third kappa shape index (κ3) is 4.89. The van der Waals surface area contributed by atoms with E-state index in [4.69, 9.17) is 9.84 Å². The highest BCUT2D eigenvalue weighted by Crippen LogP contribution is 2.19. The number of hydrogen-bond acceptors (Lipinski definition) is 5. The van der Waals surface area contributed by atoms with Gasteiger partial charge in [-0.3, -0.25) is 9.78 Å². The van der Waals surface area contributed by atoms with Gasteiger partial charge in [-0.1, -0.05) is 0 Å². The molecule has 0 saturated carbocycles. The summed E-state index contributed by atoms with van der Waals surface area (Å²) in [5.41, 5.74) is 1.47. The van der Waals surface area contributed by atoms with Crippen LogP contribution in [0.3, 0.4) is 0 Å². The minimum absolute atomic E-state index is 0.0515. The topological polar surface area (TPSA) is 71.5 Å². The fraction of sp³-hybridized carbons (Fsp3) is 0.286. The molecule has 2 heterocycles. The second kappa shape index (κ2) is 8.23. The van der Waals surface area contributed by atoms with E-state index in [9.17, 15) is 4.79 Å². The largest absolute Gasteiger partial charge is 0.394 e. The summed E-state index contributed by atoms with van der Waals surface area (Å²) in [6, 6.07) is 3.65. The van der Waals surface area contributed by atoms with Gasteiger partial charge >= 0.3 is 0 Å². The molecule has 0 aliphatic rings. The molecule has 0 spiro atoms. The Bertz CT molecular complexity index is 577. The van der Waals surface area contributed by atoms with Crippen LogP contribution in [0, 0.1) is 0 Å². The Balaban J connectivity index is 1.96. The number of carbonyl (C=O) groups excluding carboxylic acids is 1. The maximum absolute atomic E-state index is 12.1. The molecular formula is C14H15BrN2O3S. The average Bonchev–Trinajstić information content (AvgIpc) is 3.01. The van der Waals surface area contributed by atoms with E-state index >= 15 is 0 Å². The van der Waals surface area contributed by atoms with Gasteiger partial charge in [0, 0.05) is 23.4 Å². The lowest BCUT2D eigenvalue weighted by molar-refractivity contribution is 0.0279. The Morgan fingerprint density at radius 3 is 3.05 bits per heavy atom. The van der Waals surface area contributed by atoms with Crippen molar-refractivity contribution in [3.05, 3.63) is 50.9 Å². The molecule has 0 bridgehead atoms. The molecule has 1 amide bonds. The molecule has 2 aromatic heterocycles. The third-order valence-corrected chi connectivity index (χ3v) is 3.88. The second-order valence-corrected chi connectivity index (χ2v) is 5.94. The first kappa shape index (κ1) is 16.1. The van der Waals surface area contributed by atoms with Crippen molar-refractivity contribution in [3.63, 3.8) is 0 Å². The van der Waals surface area contributed by atoms with Crippen LogP contribution in [-0.4, -0.2) is 35.8 Å². The summed E-state index contributed by atoms with van der Waals surface area (Å²) in [6.45, 7) is 0.515. The molecule has 0 aliphatic heterocycles. The highest BCUT2D eigenvalue weighted by molar-refractivity contribution is 9.10. The Morgan fingerprint density at radius 1 is 1.52 bits per heavy atom. The molecule has 1 atom stereocenters. The molecule has 0 aliphatic carbocycles. The van der Waals surface area contributed by atoms with Crippen LogP contribution in [0.15, 0.2) is 39.8 Å². The van der Waals surface area contributed by atoms with Crippen molar-refractivity contribution in [3.8, 4) is 0 Å². The lowest BCUT2D eigenvalue weighted by atomic mass is 10.2. The molecule has 0 saturated heterocycles. The number of carbonyl (C=O) groups is 1. The fourth-order valence-corrected chi connectivity index (χ4v) is 2.82. The van der Waals surface area contributed by atoms with Gasteiger partial charge in [-0.25, -0.2) is 0 Å². The van der Waals surface area contributed by atoms with E-state index in [0.29, 0.717) is 12.1 Å². The van der Waals surface area contributed by atoms with Crippen molar-refractivity contribution >= 4 is 33.2 Å². The minimum Gasteiger partial charge on any atom is -0.394 e. The predicted octanol–water partition coefficient (Wildman–Crippen LogP) is 2.39. The van der Waals surface area contributed by atoms with Gasteiger partial charge in [-0.15, -0.1) is 0 Å². The Morgan fingerprint density at radius 2 is 2.38 bits per heavy atom. The van der Waals surface area contributed by atoms with Crippen molar-refractivity contribution in [1.82, 2.24) is 10.3 Å². The van der Waals surface area contributed by atoms with Gasteiger partial charge < -0.3 is 15.2 Å². The number of aromatic nitrogens is 1. The van der Waals surface area contributed by atoms with Gasteiger partial charge in [-0.2, -0.15) is 11.3 Å². The standard InChI is InChI=1S/C14H15BrN2O3S/c15-12-5-11(6-16-7-12)14(19)17-8-13(20-3-2-18)10-1-4-21-9-10/h1,4-7,9,13,18H,2-3,8H2,(H,17,19)/t13-/m0/s1. The van der Waals surface area contributed by atoms with Gasteiger partial charge in [-0.05, 0) is 44.4 Å². The number of halogens is 1. The van der Waals surface area contributed by atoms with E-state index in [1.165, 1.54) is 6.20 Å². The lowest BCUT2D eigenvalue weighted by Gasteiger charge is -2.17. The van der Waals surface area contributed by atoms with Crippen molar-refractivity contribution in [2.24, 2.45) is 0 Å². The van der Waals surface area contributed by atoms with Gasteiger partial charge in [0.25, 0.3) is 5.91 Å². The van der Waals surface area contributed by atoms with Gasteiger partial charge in [0.1, 0.15) is 6.10 Å². The van der Waals surface area contributed by atoms with E-state index in [-0.39, 0.29) is 25.2 Å². The van der Waals surface area contributed by atoms with Crippen molar-refractivity contribution in [1.29, 1.82) is 0 Å². The quantitative estimate of drug-likeness (QED) is 0.784. The van der Waals surface area contributed by atoms with Crippen LogP contribution in [0.2, 0.25) is 0 Å². The summed E-state index contributed by atoms with van der Waals surface area (Å²) >= 11 is 4.85. The van der Waals surface area contributed by atoms with Gasteiger partial charge in [0.2, 0.25) is 0 Å². The first-order valence-corrected chi connectivity index (χ1v) is 8.07. The number of pyridine rings is 1. The van der Waals surface area contributed by atoms with Crippen LogP contribution in [0.5, 0.6) is 0 Å². The Kier molecular flexibility index (Phi) is 6.31. The SMILES string of the molecule is O=C(NC[C@H](OCCO)c1ccsc1)c1cncc(Br)c1. The summed E-state index contributed by atoms with van der Waals surface area (Å²) in [5, 5.41) is 15.6. The summed E-state index contributed by atoms with van der Waals surface area (Å²) in [4.78, 5) is 16.0. The van der Waals surface area contributed by atoms with Crippen molar-refractivity contribution in [2.45, 2.75) is 6.10 Å². The van der Waals surface area contributed by atoms with E-state index in [2.05, 4.69) is 26.2 Å². The normalized spacial score (nSPS) is 12.1. The molecule has 0 aromatic carbocycles. The first-order chi connectivity index (χ1) is 10.2. The number of nitrogens with one attached hydrogen (secondary N) is 1. The number of hydrogen-bond donors (Lipinski definition) is 2. The highest BCUT2D eigenvalue weighted by Gasteiger charge is 2.15. The number of ether oxygens (including phenoxy) is 1. The number of rotatable bonds is 7. The fourth-order valence-electron chi connectivity index (χ4n) is 1.75. The zero-order valence-electron chi connectivity index (χ0n) is 11.2. The number of aliphatic hydroxyl groups is 1. The predicted molar refractivity (Wildman–Crippen MR) is 84.4 cm³/mol. The smallest absolute Gasteiger partial charge is 0.252 e. The van der Waals surface area contributed by atoms with Crippen molar-refractivity contribution in [2.75, 3.05) is 19.8 Å². The number of amides is 1. The summed E-state index contributed by atoms with van der Waals surface area (Å²) < 4.78 is 6.31. The zero-order chi connectivity index (χ0) is 15.1. The van der Waals surface area contributed by atoms with E-state index in [0.717, 1.165) is 10.0 Å². The third-order valence-electron chi connectivity index (χ3n) is 2.74. The van der Waals surface area contributed by atoms with Crippen LogP contribution >= 0.6 is 27.3 Å². The van der Waals surface area contributed by atoms with Crippen LogP contribution < -0.4 is 5.32 Å². The minimum atomic E-state index is -0.271. The molecule has 2 N–H and O–H groups in total. The Labute approximate surface area is 135 Å². The summed E-state index contributed by atoms with van der Waals surface area (Å²) in [6.07, 6.45) is 2.86. The van der Waals surface area contributed by atoms with Crippen LogP contribution in [0.1, 0.15) is 22.0 Å². The summed E-state index contributed by atoms with van der Waals surface area (Å²) in [5.74, 6) is -0.211. The zero-order valence-corrected chi connectivity index (χ0v) is 13.6. The molecule has 0 radical (unpaired) electrons. The molecule has 2 aromatic rings. The molecule has 21 heavy (non-hydrogen) atoms. The molecule has 0 unspecified atom stereocenters. The maximum atomic E-state index is 12.1. The van der Waals surface area contributed by atoms with E-state index in [1.54, 1.807) is 23.6 Å². The average molecular weight is 371 g/mol. The first-order valence-electron chi connectivity index (χ1n) is 6.34. The van der Waals surface area contributed by atoms with Crippen molar-refractivity contribution < 1.29 is 14.6 Å². The van der Waals surface area contributed by atoms with Crippen LogP contribution in [-0.2, 0) is 4.74 Å². The van der Waals surface area contributed by atoms with Crippen LogP contribution in [0.4, 0.5) is 0 Å². The maximum Gasteiger partial charge on any atom is 0.252 e. The number of aliphatic hydroxyl groups excluding tert-OH is 1. The number of nitrogens with zero attached hydrogens (tertiary/aromatic N) is 1. The van der Waals surface area contributed by atoms with Gasteiger partial charge in [0.15, 0.2) is 0 Å². The molecule has 7 heteroatoms. The highest BCUT2D eigenvalue weighted by atomic mass is 79.9. The molecule has 112 valence electrons. The lowest BCUT2D eigenvalue weighted by Crippen LogP contribution is -2.29. The molecule has 0 fully saturated rings.